The second kappa shape index (κ2) is 7.88. The van der Waals surface area contributed by atoms with Gasteiger partial charge in [-0.3, -0.25) is 0 Å². The molecule has 1 aliphatic rings. The van der Waals surface area contributed by atoms with E-state index in [1.54, 1.807) is 0 Å². The molecule has 0 saturated carbocycles. The third kappa shape index (κ3) is 4.22. The van der Waals surface area contributed by atoms with Crippen LogP contribution >= 0.6 is 17.0 Å². The van der Waals surface area contributed by atoms with E-state index in [9.17, 15) is 0 Å². The van der Waals surface area contributed by atoms with Crippen LogP contribution < -0.4 is 0 Å². The van der Waals surface area contributed by atoms with Gasteiger partial charge in [-0.1, -0.05) is 50.1 Å². The predicted molar refractivity (Wildman–Crippen MR) is 78.6 cm³/mol. The Bertz CT molecular complexity index is 436. The molecule has 0 amide bonds. The summed E-state index contributed by atoms with van der Waals surface area (Å²) in [7, 11) is 9.87. The first-order valence-corrected chi connectivity index (χ1v) is 12.5. The van der Waals surface area contributed by atoms with E-state index >= 15 is 0 Å². The zero-order valence-corrected chi connectivity index (χ0v) is 15.3. The zero-order valence-electron chi connectivity index (χ0n) is 11.3. The van der Waals surface area contributed by atoms with Crippen LogP contribution in [0.3, 0.4) is 0 Å². The summed E-state index contributed by atoms with van der Waals surface area (Å²) >= 11 is -0.826. The second-order valence-corrected chi connectivity index (χ2v) is 8.53. The van der Waals surface area contributed by atoms with Crippen molar-refractivity contribution in [3.05, 3.63) is 46.4 Å². The van der Waals surface area contributed by atoms with Gasteiger partial charge in [0.25, 0.3) is 0 Å². The fourth-order valence-electron chi connectivity index (χ4n) is 2.25. The first-order valence-electron chi connectivity index (χ1n) is 6.19. The molecule has 2 rings (SSSR count). The van der Waals surface area contributed by atoms with E-state index in [2.05, 4.69) is 52.3 Å². The van der Waals surface area contributed by atoms with Gasteiger partial charge in [-0.05, 0) is 36.0 Å². The molecule has 0 spiro atoms. The van der Waals surface area contributed by atoms with Gasteiger partial charge in [0.2, 0.25) is 0 Å². The van der Waals surface area contributed by atoms with Crippen LogP contribution in [0.2, 0.25) is 0 Å². The van der Waals surface area contributed by atoms with Crippen molar-refractivity contribution < 1.29 is 20.8 Å². The Morgan fingerprint density at radius 2 is 1.83 bits per heavy atom. The monoisotopic (exact) mass is 359 g/mol. The summed E-state index contributed by atoms with van der Waals surface area (Å²) in [6.45, 7) is 8.94. The van der Waals surface area contributed by atoms with E-state index in [0.717, 1.165) is 6.42 Å². The quantitative estimate of drug-likeness (QED) is 0.619. The summed E-state index contributed by atoms with van der Waals surface area (Å²) in [6.07, 6.45) is 5.81. The Balaban J connectivity index is 0.000000492. The van der Waals surface area contributed by atoms with Crippen LogP contribution in [0.4, 0.5) is 0 Å². The third-order valence-electron chi connectivity index (χ3n) is 3.09. The van der Waals surface area contributed by atoms with Gasteiger partial charge in [0, 0.05) is 6.42 Å². The number of aryl methyl sites for hydroxylation is 1. The van der Waals surface area contributed by atoms with Crippen molar-refractivity contribution in [2.75, 3.05) is 0 Å². The summed E-state index contributed by atoms with van der Waals surface area (Å²) in [5.74, 6) is 0.611. The summed E-state index contributed by atoms with van der Waals surface area (Å²) in [4.78, 5) is 0. The predicted octanol–water partition coefficient (Wildman–Crippen LogP) is 5.85. The maximum absolute atomic E-state index is 4.93. The van der Waals surface area contributed by atoms with E-state index < -0.39 is 20.8 Å². The first-order chi connectivity index (χ1) is 8.53. The molecule has 0 saturated heterocycles. The Morgan fingerprint density at radius 1 is 1.22 bits per heavy atom. The Hall–Kier alpha value is 0.423. The molecule has 0 heterocycles. The third-order valence-corrected chi connectivity index (χ3v) is 3.09. The van der Waals surface area contributed by atoms with Gasteiger partial charge in [0.05, 0.1) is 0 Å². The number of hydrogen-bond donors (Lipinski definition) is 0. The molecule has 97 valence electrons. The van der Waals surface area contributed by atoms with Crippen LogP contribution in [0, 0.1) is 13.3 Å². The normalized spacial score (nSPS) is 12.7. The molecular weight excluding hydrogens is 342 g/mol. The summed E-state index contributed by atoms with van der Waals surface area (Å²) in [5, 5.41) is 0. The van der Waals surface area contributed by atoms with E-state index in [0.29, 0.717) is 5.92 Å². The maximum atomic E-state index is 4.93. The summed E-state index contributed by atoms with van der Waals surface area (Å²) in [5.41, 5.74) is 7.18. The van der Waals surface area contributed by atoms with Gasteiger partial charge < -0.3 is 0 Å². The molecule has 3 heteroatoms. The van der Waals surface area contributed by atoms with E-state index in [4.69, 9.17) is 17.0 Å². The van der Waals surface area contributed by atoms with Gasteiger partial charge in [-0.25, -0.2) is 0 Å². The van der Waals surface area contributed by atoms with Crippen LogP contribution in [0.1, 0.15) is 55.4 Å². The molecule has 0 unspecified atom stereocenters. The van der Waals surface area contributed by atoms with Gasteiger partial charge in [-0.15, -0.1) is 0 Å². The molecular formula is C15H19Cl2Zr. The van der Waals surface area contributed by atoms with Crippen molar-refractivity contribution in [1.82, 2.24) is 0 Å². The fraction of sp³-hybridized carbons (Fsp3) is 0.400. The van der Waals surface area contributed by atoms with Crippen LogP contribution in [0.5, 0.6) is 0 Å². The molecule has 0 aliphatic heterocycles. The first kappa shape index (κ1) is 16.5. The standard InChI is InChI=1S/C15H19.2ClH.Zr/c1-5-12-8-13-6-11(4)7-14(10(2)3)15(13)9-12;;;/h6-10H,5H2,1-4H3;2*1H;/q;;;+2/p-2. The molecule has 1 radical (unpaired) electrons. The molecule has 1 aliphatic carbocycles. The van der Waals surface area contributed by atoms with Gasteiger partial charge in [-0.2, -0.15) is 0 Å². The topological polar surface area (TPSA) is 0 Å². The van der Waals surface area contributed by atoms with E-state index in [-0.39, 0.29) is 0 Å². The van der Waals surface area contributed by atoms with Crippen LogP contribution in [-0.4, -0.2) is 0 Å². The summed E-state index contributed by atoms with van der Waals surface area (Å²) in [6, 6.07) is 4.62. The fourth-order valence-corrected chi connectivity index (χ4v) is 2.25. The average molecular weight is 361 g/mol. The van der Waals surface area contributed by atoms with Gasteiger partial charge >= 0.3 is 37.9 Å². The molecule has 0 bridgehead atoms. The van der Waals surface area contributed by atoms with Gasteiger partial charge in [0.1, 0.15) is 0 Å². The van der Waals surface area contributed by atoms with Gasteiger partial charge in [0.15, 0.2) is 0 Å². The number of fused-ring (bicyclic) bond motifs is 1. The zero-order chi connectivity index (χ0) is 13.7. The average Bonchev–Trinajstić information content (AvgIpc) is 2.71. The van der Waals surface area contributed by atoms with E-state index in [1.807, 2.05) is 0 Å². The number of halogens is 2. The summed E-state index contributed by atoms with van der Waals surface area (Å²) < 4.78 is 0. The number of hydrogen-bond acceptors (Lipinski definition) is 0. The van der Waals surface area contributed by atoms with Crippen molar-refractivity contribution in [3.63, 3.8) is 0 Å². The minimum atomic E-state index is -0.826. The van der Waals surface area contributed by atoms with Crippen LogP contribution in [0.25, 0.3) is 6.08 Å². The molecule has 18 heavy (non-hydrogen) atoms. The number of benzene rings is 1. The molecule has 0 fully saturated rings. The van der Waals surface area contributed by atoms with Crippen molar-refractivity contribution in [2.24, 2.45) is 0 Å². The number of allylic oxidation sites excluding steroid dienone is 1. The molecule has 0 atom stereocenters. The van der Waals surface area contributed by atoms with Crippen LogP contribution in [-0.2, 0) is 20.8 Å². The molecule has 1 aromatic carbocycles. The van der Waals surface area contributed by atoms with Crippen molar-refractivity contribution in [1.29, 1.82) is 0 Å². The Labute approximate surface area is 129 Å². The Kier molecular flexibility index (Phi) is 7.21. The molecule has 0 N–H and O–H groups in total. The van der Waals surface area contributed by atoms with Crippen molar-refractivity contribution >= 4 is 23.1 Å². The van der Waals surface area contributed by atoms with Crippen molar-refractivity contribution in [3.8, 4) is 0 Å². The van der Waals surface area contributed by atoms with Crippen LogP contribution in [0.15, 0.2) is 17.7 Å². The Morgan fingerprint density at radius 3 is 2.33 bits per heavy atom. The van der Waals surface area contributed by atoms with E-state index in [1.165, 1.54) is 27.8 Å². The molecule has 0 nitrogen and oxygen atoms in total. The minimum absolute atomic E-state index is 0.611. The second-order valence-electron chi connectivity index (χ2n) is 4.80. The van der Waals surface area contributed by atoms with Crippen molar-refractivity contribution in [2.45, 2.75) is 40.0 Å². The molecule has 0 aromatic heterocycles. The molecule has 1 aromatic rings. The number of rotatable bonds is 2. The SMILES string of the molecule is CCC1=Cc2c(cc(C)cc2C(C)C)[CH]1.[Cl][Zr][Cl].